The van der Waals surface area contributed by atoms with Crippen molar-refractivity contribution in [2.75, 3.05) is 21.3 Å². The van der Waals surface area contributed by atoms with Crippen LogP contribution in [0, 0.1) is 0 Å². The maximum Gasteiger partial charge on any atom is 0.271 e. The first kappa shape index (κ1) is 17.5. The van der Waals surface area contributed by atoms with E-state index in [1.165, 1.54) is 6.20 Å². The number of fused-ring (bicyclic) bond motifs is 1. The fraction of sp³-hybridized carbons (Fsp3) is 0.211. The van der Waals surface area contributed by atoms with E-state index in [1.54, 1.807) is 33.5 Å². The molecule has 0 aliphatic carbocycles. The number of carbonyl (C=O) groups excluding carboxylic acids is 1. The van der Waals surface area contributed by atoms with Gasteiger partial charge in [0, 0.05) is 18.2 Å². The minimum atomic E-state index is -0.319. The summed E-state index contributed by atoms with van der Waals surface area (Å²) in [7, 11) is 4.66. The lowest BCUT2D eigenvalue weighted by atomic mass is 10.1. The Hall–Kier alpha value is -3.35. The van der Waals surface area contributed by atoms with Gasteiger partial charge in [0.15, 0.2) is 11.5 Å². The summed E-state index contributed by atoms with van der Waals surface area (Å²) >= 11 is 0. The molecular weight excluding hydrogens is 334 g/mol. The lowest BCUT2D eigenvalue weighted by Crippen LogP contribution is -2.24. The number of hydrogen-bond acceptors (Lipinski definition) is 6. The number of carbonyl (C=O) groups is 1. The van der Waals surface area contributed by atoms with Crippen molar-refractivity contribution in [2.45, 2.75) is 6.54 Å². The van der Waals surface area contributed by atoms with Gasteiger partial charge < -0.3 is 19.5 Å². The highest BCUT2D eigenvalue weighted by Crippen LogP contribution is 2.34. The standard InChI is InChI=1S/C19H19N3O4/c1-24-16-9-18(26-3)17(25-2)8-12(16)10-21-19(23)15-11-20-13-6-4-5-7-14(13)22-15/h4-9,11H,10H2,1-3H3,(H,21,23). The number of hydrogen-bond donors (Lipinski definition) is 1. The third-order valence-corrected chi connectivity index (χ3v) is 3.91. The fourth-order valence-corrected chi connectivity index (χ4v) is 2.56. The number of benzene rings is 2. The van der Waals surface area contributed by atoms with Crippen LogP contribution in [0.15, 0.2) is 42.6 Å². The molecule has 0 bridgehead atoms. The number of nitrogens with zero attached hydrogens (tertiary/aromatic N) is 2. The number of ether oxygens (including phenoxy) is 3. The highest BCUT2D eigenvalue weighted by atomic mass is 16.5. The second-order valence-corrected chi connectivity index (χ2v) is 5.45. The van der Waals surface area contributed by atoms with Crippen molar-refractivity contribution in [3.63, 3.8) is 0 Å². The van der Waals surface area contributed by atoms with Gasteiger partial charge in [-0.2, -0.15) is 0 Å². The maximum atomic E-state index is 12.4. The summed E-state index contributed by atoms with van der Waals surface area (Å²) in [6.45, 7) is 0.247. The number of para-hydroxylation sites is 2. The van der Waals surface area contributed by atoms with E-state index < -0.39 is 0 Å². The second-order valence-electron chi connectivity index (χ2n) is 5.45. The van der Waals surface area contributed by atoms with E-state index in [2.05, 4.69) is 15.3 Å². The van der Waals surface area contributed by atoms with Gasteiger partial charge in [-0.3, -0.25) is 9.78 Å². The van der Waals surface area contributed by atoms with Crippen molar-refractivity contribution in [2.24, 2.45) is 0 Å². The van der Waals surface area contributed by atoms with Crippen molar-refractivity contribution in [1.82, 2.24) is 15.3 Å². The van der Waals surface area contributed by atoms with Crippen molar-refractivity contribution in [3.05, 3.63) is 53.9 Å². The van der Waals surface area contributed by atoms with E-state index in [4.69, 9.17) is 14.2 Å². The first-order chi connectivity index (χ1) is 12.7. The van der Waals surface area contributed by atoms with Crippen LogP contribution in [0.3, 0.4) is 0 Å². The first-order valence-electron chi connectivity index (χ1n) is 7.95. The van der Waals surface area contributed by atoms with Gasteiger partial charge in [0.1, 0.15) is 11.4 Å². The SMILES string of the molecule is COc1cc(OC)c(OC)cc1CNC(=O)c1cnc2ccccc2n1. The highest BCUT2D eigenvalue weighted by molar-refractivity contribution is 5.93. The minimum Gasteiger partial charge on any atom is -0.496 e. The van der Waals surface area contributed by atoms with Gasteiger partial charge in [-0.25, -0.2) is 4.98 Å². The molecule has 0 radical (unpaired) electrons. The minimum absolute atomic E-state index is 0.247. The van der Waals surface area contributed by atoms with Crippen LogP contribution in [0.1, 0.15) is 16.1 Å². The van der Waals surface area contributed by atoms with Crippen molar-refractivity contribution >= 4 is 16.9 Å². The molecule has 26 heavy (non-hydrogen) atoms. The van der Waals surface area contributed by atoms with Crippen molar-refractivity contribution < 1.29 is 19.0 Å². The van der Waals surface area contributed by atoms with Crippen LogP contribution in [0.2, 0.25) is 0 Å². The predicted molar refractivity (Wildman–Crippen MR) is 96.8 cm³/mol. The summed E-state index contributed by atoms with van der Waals surface area (Å²) in [5, 5.41) is 2.83. The van der Waals surface area contributed by atoms with E-state index in [9.17, 15) is 4.79 Å². The molecule has 1 aromatic heterocycles. The van der Waals surface area contributed by atoms with E-state index >= 15 is 0 Å². The zero-order valence-corrected chi connectivity index (χ0v) is 14.8. The van der Waals surface area contributed by atoms with Gasteiger partial charge in [0.25, 0.3) is 5.91 Å². The number of aromatic nitrogens is 2. The largest absolute Gasteiger partial charge is 0.496 e. The van der Waals surface area contributed by atoms with E-state index in [0.717, 1.165) is 11.1 Å². The molecule has 2 aromatic carbocycles. The van der Waals surface area contributed by atoms with Gasteiger partial charge in [-0.1, -0.05) is 12.1 Å². The molecule has 0 unspecified atom stereocenters. The Balaban J connectivity index is 1.79. The van der Waals surface area contributed by atoms with Crippen LogP contribution in [-0.4, -0.2) is 37.2 Å². The molecule has 1 heterocycles. The molecule has 0 saturated heterocycles. The van der Waals surface area contributed by atoms with Crippen molar-refractivity contribution in [1.29, 1.82) is 0 Å². The van der Waals surface area contributed by atoms with Crippen LogP contribution < -0.4 is 19.5 Å². The van der Waals surface area contributed by atoms with Crippen LogP contribution in [0.25, 0.3) is 11.0 Å². The smallest absolute Gasteiger partial charge is 0.271 e. The molecule has 0 aliphatic heterocycles. The second kappa shape index (κ2) is 7.69. The van der Waals surface area contributed by atoms with Crippen LogP contribution >= 0.6 is 0 Å². The third-order valence-electron chi connectivity index (χ3n) is 3.91. The molecule has 7 heteroatoms. The topological polar surface area (TPSA) is 82.6 Å². The molecule has 3 rings (SSSR count). The van der Waals surface area contributed by atoms with Gasteiger partial charge in [0.05, 0.1) is 38.6 Å². The summed E-state index contributed by atoms with van der Waals surface area (Å²) in [6, 6.07) is 10.9. The Kier molecular flexibility index (Phi) is 5.17. The normalized spacial score (nSPS) is 10.4. The van der Waals surface area contributed by atoms with Crippen molar-refractivity contribution in [3.8, 4) is 17.2 Å². The predicted octanol–water partition coefficient (Wildman–Crippen LogP) is 2.59. The summed E-state index contributed by atoms with van der Waals surface area (Å²) in [5.41, 5.74) is 2.42. The van der Waals surface area contributed by atoms with E-state index in [0.29, 0.717) is 22.8 Å². The Bertz CT molecular complexity index is 943. The zero-order valence-electron chi connectivity index (χ0n) is 14.8. The molecule has 7 nitrogen and oxygen atoms in total. The molecular formula is C19H19N3O4. The summed E-state index contributed by atoms with van der Waals surface area (Å²) in [6.07, 6.45) is 1.46. The van der Waals surface area contributed by atoms with E-state index in [-0.39, 0.29) is 18.1 Å². The molecule has 0 spiro atoms. The molecule has 0 aliphatic rings. The lowest BCUT2D eigenvalue weighted by molar-refractivity contribution is 0.0945. The summed E-state index contributed by atoms with van der Waals surface area (Å²) < 4.78 is 15.9. The van der Waals surface area contributed by atoms with Gasteiger partial charge in [0.2, 0.25) is 0 Å². The number of nitrogens with one attached hydrogen (secondary N) is 1. The third kappa shape index (κ3) is 3.51. The Morgan fingerprint density at radius 3 is 2.31 bits per heavy atom. The Morgan fingerprint density at radius 1 is 0.962 bits per heavy atom. The molecule has 1 N–H and O–H groups in total. The van der Waals surface area contributed by atoms with Crippen LogP contribution in [0.4, 0.5) is 0 Å². The molecule has 3 aromatic rings. The average molecular weight is 353 g/mol. The quantitative estimate of drug-likeness (QED) is 0.733. The van der Waals surface area contributed by atoms with Crippen LogP contribution in [-0.2, 0) is 6.54 Å². The Morgan fingerprint density at radius 2 is 1.62 bits per heavy atom. The first-order valence-corrected chi connectivity index (χ1v) is 7.95. The molecule has 134 valence electrons. The monoisotopic (exact) mass is 353 g/mol. The average Bonchev–Trinajstić information content (AvgIpc) is 2.70. The van der Waals surface area contributed by atoms with Gasteiger partial charge in [-0.15, -0.1) is 0 Å². The van der Waals surface area contributed by atoms with Crippen LogP contribution in [0.5, 0.6) is 17.2 Å². The van der Waals surface area contributed by atoms with Gasteiger partial charge >= 0.3 is 0 Å². The number of amides is 1. The van der Waals surface area contributed by atoms with E-state index in [1.807, 2.05) is 24.3 Å². The molecule has 0 atom stereocenters. The summed E-state index contributed by atoms with van der Waals surface area (Å²) in [4.78, 5) is 21.0. The highest BCUT2D eigenvalue weighted by Gasteiger charge is 2.14. The number of rotatable bonds is 6. The lowest BCUT2D eigenvalue weighted by Gasteiger charge is -2.14. The maximum absolute atomic E-state index is 12.4. The zero-order chi connectivity index (χ0) is 18.5. The molecule has 0 fully saturated rings. The molecule has 1 amide bonds. The summed E-state index contributed by atoms with van der Waals surface area (Å²) in [5.74, 6) is 1.38. The molecule has 0 saturated carbocycles. The Labute approximate surface area is 150 Å². The fourth-order valence-electron chi connectivity index (χ4n) is 2.56. The van der Waals surface area contributed by atoms with Gasteiger partial charge in [-0.05, 0) is 18.2 Å². The number of methoxy groups -OCH3 is 3.